The minimum atomic E-state index is -3.47. The van der Waals surface area contributed by atoms with E-state index in [-0.39, 0.29) is 6.04 Å². The zero-order chi connectivity index (χ0) is 14.9. The van der Waals surface area contributed by atoms with Crippen molar-refractivity contribution in [2.45, 2.75) is 50.6 Å². The molecule has 1 aliphatic rings. The summed E-state index contributed by atoms with van der Waals surface area (Å²) in [7, 11) is -3.47. The first-order valence-corrected chi connectivity index (χ1v) is 9.93. The molecule has 0 amide bonds. The van der Waals surface area contributed by atoms with Crippen LogP contribution in [0.5, 0.6) is 0 Å². The molecule has 2 rings (SSSR count). The standard InChI is InChI=1S/C13H21BrN2O2S2/c1-8-3-4-11(9(2)5-8)16-20(17,18)12-6-10(7-15)19-13(12)14/h6,8-9,11,16H,3-5,7,15H2,1-2H3. The fraction of sp³-hybridized carbons (Fsp3) is 0.692. The van der Waals surface area contributed by atoms with Gasteiger partial charge in [0, 0.05) is 17.5 Å². The van der Waals surface area contributed by atoms with Crippen molar-refractivity contribution in [3.63, 3.8) is 0 Å². The Bertz CT molecular complexity index is 571. The smallest absolute Gasteiger partial charge is 0.242 e. The molecule has 114 valence electrons. The molecule has 1 aromatic rings. The third kappa shape index (κ3) is 3.62. The first kappa shape index (κ1) is 16.4. The Morgan fingerprint density at radius 1 is 1.45 bits per heavy atom. The van der Waals surface area contributed by atoms with Crippen molar-refractivity contribution in [2.24, 2.45) is 17.6 Å². The molecule has 1 saturated carbocycles. The molecule has 4 nitrogen and oxygen atoms in total. The number of hydrogen-bond acceptors (Lipinski definition) is 4. The maximum Gasteiger partial charge on any atom is 0.242 e. The van der Waals surface area contributed by atoms with Gasteiger partial charge in [0.2, 0.25) is 10.0 Å². The molecule has 3 unspecified atom stereocenters. The number of nitrogens with two attached hydrogens (primary N) is 1. The Morgan fingerprint density at radius 3 is 2.70 bits per heavy atom. The highest BCUT2D eigenvalue weighted by atomic mass is 79.9. The van der Waals surface area contributed by atoms with Gasteiger partial charge in [0.15, 0.2) is 0 Å². The van der Waals surface area contributed by atoms with Gasteiger partial charge in [-0.1, -0.05) is 13.8 Å². The maximum absolute atomic E-state index is 12.5. The van der Waals surface area contributed by atoms with E-state index in [1.807, 2.05) is 0 Å². The number of thiophene rings is 1. The number of sulfonamides is 1. The van der Waals surface area contributed by atoms with Crippen LogP contribution in [0.1, 0.15) is 38.0 Å². The van der Waals surface area contributed by atoms with Crippen molar-refractivity contribution in [3.8, 4) is 0 Å². The van der Waals surface area contributed by atoms with Crippen LogP contribution < -0.4 is 10.5 Å². The summed E-state index contributed by atoms with van der Waals surface area (Å²) in [5, 5.41) is 0. The lowest BCUT2D eigenvalue weighted by atomic mass is 9.80. The molecule has 3 atom stereocenters. The van der Waals surface area contributed by atoms with Gasteiger partial charge in [-0.3, -0.25) is 0 Å². The van der Waals surface area contributed by atoms with Gasteiger partial charge >= 0.3 is 0 Å². The van der Waals surface area contributed by atoms with Crippen molar-refractivity contribution in [1.29, 1.82) is 0 Å². The molecule has 0 aliphatic heterocycles. The molecule has 1 fully saturated rings. The Labute approximate surface area is 133 Å². The number of rotatable bonds is 4. The van der Waals surface area contributed by atoms with Gasteiger partial charge in [-0.15, -0.1) is 11.3 Å². The molecule has 0 spiro atoms. The van der Waals surface area contributed by atoms with Gasteiger partial charge in [-0.05, 0) is 53.1 Å². The summed E-state index contributed by atoms with van der Waals surface area (Å²) in [5.74, 6) is 1.06. The van der Waals surface area contributed by atoms with E-state index in [4.69, 9.17) is 5.73 Å². The summed E-state index contributed by atoms with van der Waals surface area (Å²) < 4.78 is 28.5. The molecule has 1 heterocycles. The summed E-state index contributed by atoms with van der Waals surface area (Å²) in [5.41, 5.74) is 5.57. The van der Waals surface area contributed by atoms with Crippen LogP contribution in [0.2, 0.25) is 0 Å². The number of nitrogens with one attached hydrogen (secondary N) is 1. The molecule has 0 aromatic carbocycles. The highest BCUT2D eigenvalue weighted by Crippen LogP contribution is 2.33. The monoisotopic (exact) mass is 380 g/mol. The van der Waals surface area contributed by atoms with E-state index in [0.29, 0.717) is 27.1 Å². The molecule has 0 bridgehead atoms. The van der Waals surface area contributed by atoms with Crippen LogP contribution in [0, 0.1) is 11.8 Å². The molecule has 0 radical (unpaired) electrons. The van der Waals surface area contributed by atoms with Crippen molar-refractivity contribution in [3.05, 3.63) is 14.7 Å². The van der Waals surface area contributed by atoms with E-state index >= 15 is 0 Å². The van der Waals surface area contributed by atoms with E-state index in [1.165, 1.54) is 11.3 Å². The average Bonchev–Trinajstić information content (AvgIpc) is 2.75. The third-order valence-electron chi connectivity index (χ3n) is 3.94. The zero-order valence-electron chi connectivity index (χ0n) is 11.7. The Hall–Kier alpha value is 0.0500. The van der Waals surface area contributed by atoms with Gasteiger partial charge in [0.25, 0.3) is 0 Å². The van der Waals surface area contributed by atoms with Gasteiger partial charge in [-0.25, -0.2) is 13.1 Å². The van der Waals surface area contributed by atoms with Crippen molar-refractivity contribution < 1.29 is 8.42 Å². The van der Waals surface area contributed by atoms with Crippen molar-refractivity contribution in [1.82, 2.24) is 4.72 Å². The summed E-state index contributed by atoms with van der Waals surface area (Å²) in [4.78, 5) is 1.18. The SMILES string of the molecule is CC1CCC(NS(=O)(=O)c2cc(CN)sc2Br)C(C)C1. The maximum atomic E-state index is 12.5. The second kappa shape index (κ2) is 6.44. The zero-order valence-corrected chi connectivity index (χ0v) is 14.9. The predicted octanol–water partition coefficient (Wildman–Crippen LogP) is 3.07. The molecule has 0 saturated heterocycles. The Kier molecular flexibility index (Phi) is 5.29. The van der Waals surface area contributed by atoms with Crippen LogP contribution in [0.15, 0.2) is 14.7 Å². The van der Waals surface area contributed by atoms with E-state index < -0.39 is 10.0 Å². The average molecular weight is 381 g/mol. The number of halogens is 1. The highest BCUT2D eigenvalue weighted by molar-refractivity contribution is 9.11. The van der Waals surface area contributed by atoms with Crippen molar-refractivity contribution in [2.75, 3.05) is 0 Å². The van der Waals surface area contributed by atoms with Gasteiger partial charge in [0.05, 0.1) is 3.79 Å². The summed E-state index contributed by atoms with van der Waals surface area (Å²) in [6, 6.07) is 1.69. The Morgan fingerprint density at radius 2 is 2.15 bits per heavy atom. The largest absolute Gasteiger partial charge is 0.326 e. The lowest BCUT2D eigenvalue weighted by molar-refractivity contribution is 0.249. The first-order chi connectivity index (χ1) is 9.33. The minimum Gasteiger partial charge on any atom is -0.326 e. The summed E-state index contributed by atoms with van der Waals surface area (Å²) in [6.07, 6.45) is 3.06. The van der Waals surface area contributed by atoms with Crippen LogP contribution in [-0.4, -0.2) is 14.5 Å². The highest BCUT2D eigenvalue weighted by Gasteiger charge is 2.30. The molecular weight excluding hydrogens is 360 g/mol. The van der Waals surface area contributed by atoms with E-state index in [9.17, 15) is 8.42 Å². The van der Waals surface area contributed by atoms with E-state index in [2.05, 4.69) is 34.5 Å². The lowest BCUT2D eigenvalue weighted by Gasteiger charge is -2.32. The molecule has 1 aromatic heterocycles. The van der Waals surface area contributed by atoms with E-state index in [0.717, 1.165) is 24.1 Å². The first-order valence-electron chi connectivity index (χ1n) is 6.84. The van der Waals surface area contributed by atoms with Crippen LogP contribution in [-0.2, 0) is 16.6 Å². The molecular formula is C13H21BrN2O2S2. The Balaban J connectivity index is 2.16. The molecule has 3 N–H and O–H groups in total. The molecule has 20 heavy (non-hydrogen) atoms. The van der Waals surface area contributed by atoms with Crippen LogP contribution in [0.3, 0.4) is 0 Å². The number of hydrogen-bond donors (Lipinski definition) is 2. The molecule has 7 heteroatoms. The fourth-order valence-corrected chi connectivity index (χ4v) is 6.73. The van der Waals surface area contributed by atoms with Crippen LogP contribution in [0.4, 0.5) is 0 Å². The van der Waals surface area contributed by atoms with Crippen molar-refractivity contribution >= 4 is 37.3 Å². The third-order valence-corrected chi connectivity index (χ3v) is 7.70. The fourth-order valence-electron chi connectivity index (χ4n) is 2.78. The lowest BCUT2D eigenvalue weighted by Crippen LogP contribution is -2.42. The second-order valence-corrected chi connectivity index (χ2v) is 9.82. The quantitative estimate of drug-likeness (QED) is 0.842. The van der Waals surface area contributed by atoms with Gasteiger partial charge in [0.1, 0.15) is 4.90 Å². The van der Waals surface area contributed by atoms with Crippen LogP contribution in [0.25, 0.3) is 0 Å². The van der Waals surface area contributed by atoms with E-state index in [1.54, 1.807) is 6.07 Å². The molecule has 1 aliphatic carbocycles. The van der Waals surface area contributed by atoms with Gasteiger partial charge < -0.3 is 5.73 Å². The van der Waals surface area contributed by atoms with Crippen LogP contribution >= 0.6 is 27.3 Å². The normalized spacial score (nSPS) is 27.7. The summed E-state index contributed by atoms with van der Waals surface area (Å²) in [6.45, 7) is 4.71. The minimum absolute atomic E-state index is 0.0318. The topological polar surface area (TPSA) is 72.2 Å². The second-order valence-electron chi connectivity index (χ2n) is 5.68. The summed E-state index contributed by atoms with van der Waals surface area (Å²) >= 11 is 4.70. The van der Waals surface area contributed by atoms with Gasteiger partial charge in [-0.2, -0.15) is 0 Å². The predicted molar refractivity (Wildman–Crippen MR) is 86.2 cm³/mol.